The molecule has 0 heterocycles. The van der Waals surface area contributed by atoms with E-state index in [1.165, 1.54) is 30.2 Å². The van der Waals surface area contributed by atoms with E-state index < -0.39 is 12.3 Å². The molecular weight excluding hydrogens is 252 g/mol. The minimum atomic E-state index is -2.72. The molecule has 0 atom stereocenters. The molecule has 0 N–H and O–H groups in total. The molecule has 0 aliphatic carbocycles. The van der Waals surface area contributed by atoms with E-state index in [4.69, 9.17) is 4.74 Å². The summed E-state index contributed by atoms with van der Waals surface area (Å²) in [5.41, 5.74) is -0.388. The van der Waals surface area contributed by atoms with Crippen molar-refractivity contribution in [2.75, 3.05) is 20.7 Å². The molecule has 0 fully saturated rings. The Bertz CT molecular complexity index is 461. The number of rotatable bonds is 6. The topological polar surface area (TPSA) is 29.5 Å². The van der Waals surface area contributed by atoms with Crippen LogP contribution in [0.3, 0.4) is 0 Å². The standard InChI is InChI=1S/C14H17F2NO2/c1-4-5-9-17(2)14(18)12-10(13(15)16)7-6-8-11(12)19-3/h4,6-8,13H,1,5,9H2,2-3H3. The Hall–Kier alpha value is -1.91. The number of amides is 1. The molecule has 0 saturated carbocycles. The molecule has 0 saturated heterocycles. The maximum atomic E-state index is 13.0. The first-order chi connectivity index (χ1) is 9.02. The first kappa shape index (κ1) is 15.1. The van der Waals surface area contributed by atoms with Gasteiger partial charge in [-0.3, -0.25) is 4.79 Å². The summed E-state index contributed by atoms with van der Waals surface area (Å²) in [5.74, 6) is -0.317. The predicted molar refractivity (Wildman–Crippen MR) is 69.7 cm³/mol. The van der Waals surface area contributed by atoms with Gasteiger partial charge in [-0.25, -0.2) is 8.78 Å². The highest BCUT2D eigenvalue weighted by Gasteiger charge is 2.24. The fraction of sp³-hybridized carbons (Fsp3) is 0.357. The average molecular weight is 269 g/mol. The lowest BCUT2D eigenvalue weighted by atomic mass is 10.1. The fourth-order valence-electron chi connectivity index (χ4n) is 1.71. The third-order valence-electron chi connectivity index (χ3n) is 2.74. The normalized spacial score (nSPS) is 10.4. The zero-order valence-corrected chi connectivity index (χ0v) is 11.0. The molecule has 0 aliphatic heterocycles. The van der Waals surface area contributed by atoms with Crippen LogP contribution >= 0.6 is 0 Å². The number of halogens is 2. The van der Waals surface area contributed by atoms with Gasteiger partial charge >= 0.3 is 0 Å². The zero-order chi connectivity index (χ0) is 14.4. The van der Waals surface area contributed by atoms with Gasteiger partial charge in [0.2, 0.25) is 0 Å². The molecule has 19 heavy (non-hydrogen) atoms. The maximum absolute atomic E-state index is 13.0. The molecule has 0 bridgehead atoms. The second-order valence-electron chi connectivity index (χ2n) is 4.03. The van der Waals surface area contributed by atoms with Crippen LogP contribution in [-0.2, 0) is 0 Å². The van der Waals surface area contributed by atoms with E-state index in [9.17, 15) is 13.6 Å². The number of ether oxygens (including phenoxy) is 1. The molecule has 0 aliphatic rings. The van der Waals surface area contributed by atoms with Crippen LogP contribution < -0.4 is 4.74 Å². The summed E-state index contributed by atoms with van der Waals surface area (Å²) in [7, 11) is 2.92. The van der Waals surface area contributed by atoms with Crippen LogP contribution in [-0.4, -0.2) is 31.5 Å². The second-order valence-corrected chi connectivity index (χ2v) is 4.03. The monoisotopic (exact) mass is 269 g/mol. The Balaban J connectivity index is 3.15. The largest absolute Gasteiger partial charge is 0.496 e. The lowest BCUT2D eigenvalue weighted by molar-refractivity contribution is 0.0781. The highest BCUT2D eigenvalue weighted by Crippen LogP contribution is 2.30. The summed E-state index contributed by atoms with van der Waals surface area (Å²) in [6.07, 6.45) is -0.455. The summed E-state index contributed by atoms with van der Waals surface area (Å²) < 4.78 is 31.0. The van der Waals surface area contributed by atoms with Crippen LogP contribution in [0, 0.1) is 0 Å². The summed E-state index contributed by atoms with van der Waals surface area (Å²) in [6.45, 7) is 3.98. The number of nitrogens with zero attached hydrogens (tertiary/aromatic N) is 1. The van der Waals surface area contributed by atoms with Gasteiger partial charge in [0.15, 0.2) is 0 Å². The number of benzene rings is 1. The second kappa shape index (κ2) is 6.87. The van der Waals surface area contributed by atoms with Crippen LogP contribution in [0.5, 0.6) is 5.75 Å². The van der Waals surface area contributed by atoms with Gasteiger partial charge in [0.25, 0.3) is 12.3 Å². The summed E-state index contributed by atoms with van der Waals surface area (Å²) in [6, 6.07) is 4.18. The average Bonchev–Trinajstić information content (AvgIpc) is 2.42. The van der Waals surface area contributed by atoms with Gasteiger partial charge in [-0.15, -0.1) is 6.58 Å². The van der Waals surface area contributed by atoms with Crippen molar-refractivity contribution in [1.29, 1.82) is 0 Å². The summed E-state index contributed by atoms with van der Waals surface area (Å²) in [5, 5.41) is 0. The van der Waals surface area contributed by atoms with Crippen molar-refractivity contribution >= 4 is 5.91 Å². The molecule has 0 radical (unpaired) electrons. The van der Waals surface area contributed by atoms with Crippen molar-refractivity contribution in [3.63, 3.8) is 0 Å². The van der Waals surface area contributed by atoms with E-state index in [1.54, 1.807) is 13.1 Å². The highest BCUT2D eigenvalue weighted by atomic mass is 19.3. The summed E-state index contributed by atoms with van der Waals surface area (Å²) in [4.78, 5) is 13.6. The van der Waals surface area contributed by atoms with Crippen LogP contribution in [0.2, 0.25) is 0 Å². The molecule has 0 spiro atoms. The van der Waals surface area contributed by atoms with Crippen molar-refractivity contribution < 1.29 is 18.3 Å². The molecule has 104 valence electrons. The van der Waals surface area contributed by atoms with E-state index in [0.717, 1.165) is 0 Å². The quantitative estimate of drug-likeness (QED) is 0.742. The fourth-order valence-corrected chi connectivity index (χ4v) is 1.71. The lowest BCUT2D eigenvalue weighted by Gasteiger charge is -2.20. The predicted octanol–water partition coefficient (Wildman–Crippen LogP) is 3.28. The zero-order valence-electron chi connectivity index (χ0n) is 11.0. The van der Waals surface area contributed by atoms with Gasteiger partial charge in [-0.05, 0) is 12.5 Å². The molecular formula is C14H17F2NO2. The van der Waals surface area contributed by atoms with Gasteiger partial charge in [-0.1, -0.05) is 18.2 Å². The minimum Gasteiger partial charge on any atom is -0.496 e. The minimum absolute atomic E-state index is 0.0773. The van der Waals surface area contributed by atoms with E-state index >= 15 is 0 Å². The SMILES string of the molecule is C=CCCN(C)C(=O)c1c(OC)cccc1C(F)F. The Morgan fingerprint density at radius 2 is 2.21 bits per heavy atom. The molecule has 1 rings (SSSR count). The van der Waals surface area contributed by atoms with Gasteiger partial charge in [0, 0.05) is 19.2 Å². The van der Waals surface area contributed by atoms with Crippen LogP contribution in [0.25, 0.3) is 0 Å². The number of methoxy groups -OCH3 is 1. The van der Waals surface area contributed by atoms with Crippen LogP contribution in [0.1, 0.15) is 28.8 Å². The Morgan fingerprint density at radius 1 is 1.53 bits per heavy atom. The molecule has 1 aromatic carbocycles. The first-order valence-corrected chi connectivity index (χ1v) is 5.84. The van der Waals surface area contributed by atoms with Crippen molar-refractivity contribution in [3.8, 4) is 5.75 Å². The van der Waals surface area contributed by atoms with E-state index in [1.807, 2.05) is 0 Å². The molecule has 1 amide bonds. The molecule has 3 nitrogen and oxygen atoms in total. The lowest BCUT2D eigenvalue weighted by Crippen LogP contribution is -2.29. The van der Waals surface area contributed by atoms with Gasteiger partial charge in [-0.2, -0.15) is 0 Å². The Labute approximate surface area is 111 Å². The van der Waals surface area contributed by atoms with E-state index in [0.29, 0.717) is 13.0 Å². The van der Waals surface area contributed by atoms with Crippen LogP contribution in [0.4, 0.5) is 8.78 Å². The smallest absolute Gasteiger partial charge is 0.264 e. The number of hydrogen-bond acceptors (Lipinski definition) is 2. The van der Waals surface area contributed by atoms with Crippen molar-refractivity contribution in [3.05, 3.63) is 42.0 Å². The Kier molecular flexibility index (Phi) is 5.48. The maximum Gasteiger partial charge on any atom is 0.264 e. The highest BCUT2D eigenvalue weighted by molar-refractivity contribution is 5.98. The van der Waals surface area contributed by atoms with Crippen molar-refractivity contribution in [2.24, 2.45) is 0 Å². The summed E-state index contributed by atoms with van der Waals surface area (Å²) >= 11 is 0. The van der Waals surface area contributed by atoms with E-state index in [-0.39, 0.29) is 16.9 Å². The third kappa shape index (κ3) is 3.53. The number of alkyl halides is 2. The number of carbonyl (C=O) groups excluding carboxylic acids is 1. The molecule has 0 aromatic heterocycles. The van der Waals surface area contributed by atoms with E-state index in [2.05, 4.69) is 6.58 Å². The molecule has 1 aromatic rings. The molecule has 5 heteroatoms. The first-order valence-electron chi connectivity index (χ1n) is 5.84. The van der Waals surface area contributed by atoms with Crippen LogP contribution in [0.15, 0.2) is 30.9 Å². The number of hydrogen-bond donors (Lipinski definition) is 0. The van der Waals surface area contributed by atoms with Gasteiger partial charge in [0.1, 0.15) is 5.75 Å². The van der Waals surface area contributed by atoms with Crippen molar-refractivity contribution in [2.45, 2.75) is 12.8 Å². The molecule has 0 unspecified atom stereocenters. The number of carbonyl (C=O) groups is 1. The van der Waals surface area contributed by atoms with Crippen molar-refractivity contribution in [1.82, 2.24) is 4.90 Å². The third-order valence-corrected chi connectivity index (χ3v) is 2.74. The van der Waals surface area contributed by atoms with Gasteiger partial charge < -0.3 is 9.64 Å². The van der Waals surface area contributed by atoms with Gasteiger partial charge in [0.05, 0.1) is 12.7 Å². The Morgan fingerprint density at radius 3 is 2.74 bits per heavy atom.